The molecule has 1 aromatic carbocycles. The average Bonchev–Trinajstić information content (AvgIpc) is 2.76. The molecule has 116 valence electrons. The Kier molecular flexibility index (Phi) is 4.66. The summed E-state index contributed by atoms with van der Waals surface area (Å²) in [5.74, 6) is 2.52. The molecule has 4 heteroatoms. The summed E-state index contributed by atoms with van der Waals surface area (Å²) in [6.07, 6.45) is 4.75. The Hall–Kier alpha value is -1.26. The summed E-state index contributed by atoms with van der Waals surface area (Å²) >= 11 is 0. The van der Waals surface area contributed by atoms with Crippen molar-refractivity contribution in [2.24, 2.45) is 11.7 Å². The number of nitrogens with one attached hydrogen (secondary N) is 1. The van der Waals surface area contributed by atoms with E-state index in [1.807, 2.05) is 6.07 Å². The van der Waals surface area contributed by atoms with Crippen LogP contribution in [0.3, 0.4) is 0 Å². The number of ether oxygens (including phenoxy) is 2. The van der Waals surface area contributed by atoms with Gasteiger partial charge in [0.05, 0.1) is 13.2 Å². The number of hydrogen-bond acceptors (Lipinski definition) is 4. The van der Waals surface area contributed by atoms with Crippen molar-refractivity contribution in [1.29, 1.82) is 0 Å². The predicted molar refractivity (Wildman–Crippen MR) is 83.8 cm³/mol. The molecule has 1 heterocycles. The van der Waals surface area contributed by atoms with Crippen molar-refractivity contribution in [3.05, 3.63) is 23.8 Å². The third kappa shape index (κ3) is 3.50. The van der Waals surface area contributed by atoms with E-state index in [4.69, 9.17) is 15.2 Å². The van der Waals surface area contributed by atoms with Gasteiger partial charge in [0.2, 0.25) is 0 Å². The van der Waals surface area contributed by atoms with E-state index in [9.17, 15) is 0 Å². The molecule has 1 aliphatic heterocycles. The van der Waals surface area contributed by atoms with Crippen molar-refractivity contribution in [3.63, 3.8) is 0 Å². The Bertz CT molecular complexity index is 478. The van der Waals surface area contributed by atoms with Crippen LogP contribution in [0.15, 0.2) is 18.2 Å². The van der Waals surface area contributed by atoms with Crippen LogP contribution in [0, 0.1) is 5.92 Å². The van der Waals surface area contributed by atoms with E-state index >= 15 is 0 Å². The third-order valence-electron chi connectivity index (χ3n) is 4.54. The second kappa shape index (κ2) is 6.67. The highest BCUT2D eigenvalue weighted by molar-refractivity contribution is 5.44. The van der Waals surface area contributed by atoms with E-state index in [0.717, 1.165) is 37.1 Å². The fourth-order valence-corrected chi connectivity index (χ4v) is 3.34. The van der Waals surface area contributed by atoms with E-state index in [1.54, 1.807) is 0 Å². The molecule has 1 saturated carbocycles. The first-order valence-electron chi connectivity index (χ1n) is 8.12. The molecule has 3 N–H and O–H groups in total. The molecule has 2 aliphatic rings. The highest BCUT2D eigenvalue weighted by atomic mass is 16.5. The second-order valence-corrected chi connectivity index (χ2v) is 6.33. The molecular formula is C17H26N2O2. The van der Waals surface area contributed by atoms with Crippen LogP contribution < -0.4 is 20.5 Å². The second-order valence-electron chi connectivity index (χ2n) is 6.33. The van der Waals surface area contributed by atoms with Crippen LogP contribution in [-0.4, -0.2) is 25.8 Å². The first-order valence-corrected chi connectivity index (χ1v) is 8.12. The molecular weight excluding hydrogens is 264 g/mol. The molecule has 3 rings (SSSR count). The van der Waals surface area contributed by atoms with Crippen molar-refractivity contribution >= 4 is 0 Å². The van der Waals surface area contributed by atoms with Crippen LogP contribution in [0.25, 0.3) is 0 Å². The maximum absolute atomic E-state index is 5.99. The highest BCUT2D eigenvalue weighted by Gasteiger charge is 2.24. The molecule has 0 radical (unpaired) electrons. The lowest BCUT2D eigenvalue weighted by molar-refractivity contribution is 0.297. The molecule has 1 aliphatic carbocycles. The van der Waals surface area contributed by atoms with Gasteiger partial charge in [-0.15, -0.1) is 0 Å². The van der Waals surface area contributed by atoms with Crippen LogP contribution in [0.4, 0.5) is 0 Å². The Morgan fingerprint density at radius 3 is 2.76 bits per heavy atom. The average molecular weight is 290 g/mol. The van der Waals surface area contributed by atoms with Crippen LogP contribution in [0.5, 0.6) is 11.5 Å². The first kappa shape index (κ1) is 14.7. The minimum atomic E-state index is 0.192. The molecule has 1 fully saturated rings. The molecule has 0 saturated heterocycles. The zero-order valence-corrected chi connectivity index (χ0v) is 12.8. The van der Waals surface area contributed by atoms with Crippen molar-refractivity contribution in [1.82, 2.24) is 5.32 Å². The lowest BCUT2D eigenvalue weighted by Gasteiger charge is -2.23. The van der Waals surface area contributed by atoms with E-state index in [1.165, 1.54) is 24.8 Å². The number of benzene rings is 1. The van der Waals surface area contributed by atoms with Gasteiger partial charge in [0.25, 0.3) is 0 Å². The van der Waals surface area contributed by atoms with Crippen LogP contribution in [-0.2, 0) is 0 Å². The number of hydrogen-bond donors (Lipinski definition) is 2. The van der Waals surface area contributed by atoms with Crippen LogP contribution >= 0.6 is 0 Å². The number of fused-ring (bicyclic) bond motifs is 1. The summed E-state index contributed by atoms with van der Waals surface area (Å²) in [6.45, 7) is 4.37. The highest BCUT2D eigenvalue weighted by Crippen LogP contribution is 2.33. The van der Waals surface area contributed by atoms with Gasteiger partial charge in [-0.2, -0.15) is 0 Å². The van der Waals surface area contributed by atoms with Gasteiger partial charge in [0.1, 0.15) is 0 Å². The van der Waals surface area contributed by atoms with E-state index in [-0.39, 0.29) is 6.04 Å². The van der Waals surface area contributed by atoms with Crippen LogP contribution in [0.1, 0.15) is 44.2 Å². The predicted octanol–water partition coefficient (Wildman–Crippen LogP) is 2.63. The lowest BCUT2D eigenvalue weighted by Crippen LogP contribution is -2.35. The fraction of sp³-hybridized carbons (Fsp3) is 0.647. The monoisotopic (exact) mass is 290 g/mol. The minimum absolute atomic E-state index is 0.192. The molecule has 4 nitrogen and oxygen atoms in total. The van der Waals surface area contributed by atoms with Gasteiger partial charge in [-0.25, -0.2) is 0 Å². The summed E-state index contributed by atoms with van der Waals surface area (Å²) in [5.41, 5.74) is 7.19. The van der Waals surface area contributed by atoms with Crippen molar-refractivity contribution in [3.8, 4) is 11.5 Å². The largest absolute Gasteiger partial charge is 0.490 e. The molecule has 21 heavy (non-hydrogen) atoms. The standard InChI is InChI=1S/C17H26N2O2/c1-12-3-5-14(9-12)19-15(11-18)13-4-6-16-17(10-13)21-8-2-7-20-16/h4,6,10,12,14-15,19H,2-3,5,7-9,11,18H2,1H3. The van der Waals surface area contributed by atoms with Gasteiger partial charge in [-0.05, 0) is 42.9 Å². The van der Waals surface area contributed by atoms with E-state index in [2.05, 4.69) is 24.4 Å². The first-order chi connectivity index (χ1) is 10.3. The quantitative estimate of drug-likeness (QED) is 0.895. The zero-order chi connectivity index (χ0) is 14.7. The molecule has 3 atom stereocenters. The van der Waals surface area contributed by atoms with Gasteiger partial charge in [-0.1, -0.05) is 13.0 Å². The molecule has 0 aromatic heterocycles. The fourth-order valence-electron chi connectivity index (χ4n) is 3.34. The number of nitrogens with two attached hydrogens (primary N) is 1. The molecule has 1 aromatic rings. The van der Waals surface area contributed by atoms with Gasteiger partial charge in [0, 0.05) is 25.0 Å². The summed E-state index contributed by atoms with van der Waals surface area (Å²) in [4.78, 5) is 0. The molecule has 3 unspecified atom stereocenters. The minimum Gasteiger partial charge on any atom is -0.490 e. The zero-order valence-electron chi connectivity index (χ0n) is 12.8. The van der Waals surface area contributed by atoms with Gasteiger partial charge < -0.3 is 20.5 Å². The van der Waals surface area contributed by atoms with Gasteiger partial charge >= 0.3 is 0 Å². The smallest absolute Gasteiger partial charge is 0.161 e. The third-order valence-corrected chi connectivity index (χ3v) is 4.54. The summed E-state index contributed by atoms with van der Waals surface area (Å²) in [6, 6.07) is 6.99. The van der Waals surface area contributed by atoms with E-state index in [0.29, 0.717) is 12.6 Å². The number of rotatable bonds is 4. The normalized spacial score (nSPS) is 26.4. The Morgan fingerprint density at radius 1 is 1.24 bits per heavy atom. The van der Waals surface area contributed by atoms with E-state index < -0.39 is 0 Å². The van der Waals surface area contributed by atoms with Crippen LogP contribution in [0.2, 0.25) is 0 Å². The van der Waals surface area contributed by atoms with Crippen molar-refractivity contribution < 1.29 is 9.47 Å². The topological polar surface area (TPSA) is 56.5 Å². The van der Waals surface area contributed by atoms with Crippen molar-refractivity contribution in [2.75, 3.05) is 19.8 Å². The summed E-state index contributed by atoms with van der Waals surface area (Å²) in [7, 11) is 0. The summed E-state index contributed by atoms with van der Waals surface area (Å²) < 4.78 is 11.5. The summed E-state index contributed by atoms with van der Waals surface area (Å²) in [5, 5.41) is 3.71. The molecule has 0 spiro atoms. The molecule has 0 bridgehead atoms. The maximum atomic E-state index is 5.99. The Labute approximate surface area is 127 Å². The molecule has 0 amide bonds. The van der Waals surface area contributed by atoms with Gasteiger partial charge in [-0.3, -0.25) is 0 Å². The Balaban J connectivity index is 1.72. The maximum Gasteiger partial charge on any atom is 0.161 e. The van der Waals surface area contributed by atoms with Crippen molar-refractivity contribution in [2.45, 2.75) is 44.7 Å². The van der Waals surface area contributed by atoms with Gasteiger partial charge in [0.15, 0.2) is 11.5 Å². The Morgan fingerprint density at radius 2 is 2.05 bits per heavy atom. The lowest BCUT2D eigenvalue weighted by atomic mass is 10.0. The SMILES string of the molecule is CC1CCC(NC(CN)c2ccc3c(c2)OCCCO3)C1.